The molecule has 3 aromatic rings. The molecule has 0 radical (unpaired) electrons. The monoisotopic (exact) mass is 426 g/mol. The SMILES string of the molecule is NS(=O)(=O)c1ccc(S(=O)(=O)N[C@@H](c2ccc(F)cc2)c2cccs2)cc1. The zero-order valence-electron chi connectivity index (χ0n) is 13.7. The molecule has 27 heavy (non-hydrogen) atoms. The fraction of sp³-hybridized carbons (Fsp3) is 0.0588. The summed E-state index contributed by atoms with van der Waals surface area (Å²) in [6.07, 6.45) is 0. The molecule has 0 bridgehead atoms. The highest BCUT2D eigenvalue weighted by atomic mass is 32.2. The summed E-state index contributed by atoms with van der Waals surface area (Å²) in [4.78, 5) is 0.430. The number of nitrogens with two attached hydrogens (primary N) is 1. The van der Waals surface area contributed by atoms with Gasteiger partial charge in [0, 0.05) is 4.88 Å². The van der Waals surface area contributed by atoms with Gasteiger partial charge in [0.25, 0.3) is 0 Å². The van der Waals surface area contributed by atoms with Crippen molar-refractivity contribution in [1.29, 1.82) is 0 Å². The van der Waals surface area contributed by atoms with Crippen LogP contribution in [0.2, 0.25) is 0 Å². The molecule has 0 amide bonds. The summed E-state index contributed by atoms with van der Waals surface area (Å²) in [6, 6.07) is 12.9. The van der Waals surface area contributed by atoms with Gasteiger partial charge in [0.2, 0.25) is 20.0 Å². The first-order valence-electron chi connectivity index (χ1n) is 7.61. The van der Waals surface area contributed by atoms with Gasteiger partial charge in [-0.15, -0.1) is 11.3 Å². The highest BCUT2D eigenvalue weighted by Crippen LogP contribution is 2.28. The predicted octanol–water partition coefficient (Wildman–Crippen LogP) is 2.60. The van der Waals surface area contributed by atoms with Crippen LogP contribution in [0.4, 0.5) is 4.39 Å². The number of benzene rings is 2. The van der Waals surface area contributed by atoms with E-state index >= 15 is 0 Å². The van der Waals surface area contributed by atoms with Crippen LogP contribution in [0.15, 0.2) is 75.8 Å². The Morgan fingerprint density at radius 3 is 2.00 bits per heavy atom. The van der Waals surface area contributed by atoms with Crippen LogP contribution >= 0.6 is 11.3 Å². The van der Waals surface area contributed by atoms with Crippen LogP contribution in [0.1, 0.15) is 16.5 Å². The van der Waals surface area contributed by atoms with Crippen LogP contribution in [-0.4, -0.2) is 16.8 Å². The van der Waals surface area contributed by atoms with Crippen LogP contribution in [-0.2, 0) is 20.0 Å². The molecule has 3 N–H and O–H groups in total. The molecule has 1 heterocycles. The number of hydrogen-bond donors (Lipinski definition) is 2. The maximum Gasteiger partial charge on any atom is 0.241 e. The Morgan fingerprint density at radius 1 is 0.889 bits per heavy atom. The van der Waals surface area contributed by atoms with Gasteiger partial charge in [0.1, 0.15) is 5.82 Å². The summed E-state index contributed by atoms with van der Waals surface area (Å²) in [5, 5.41) is 6.83. The topological polar surface area (TPSA) is 106 Å². The predicted molar refractivity (Wildman–Crippen MR) is 101 cm³/mol. The molecule has 6 nitrogen and oxygen atoms in total. The number of primary sulfonamides is 1. The van der Waals surface area contributed by atoms with Gasteiger partial charge in [-0.1, -0.05) is 18.2 Å². The summed E-state index contributed by atoms with van der Waals surface area (Å²) in [7, 11) is -7.90. The van der Waals surface area contributed by atoms with Crippen molar-refractivity contribution in [3.63, 3.8) is 0 Å². The molecule has 1 atom stereocenters. The second-order valence-electron chi connectivity index (χ2n) is 5.64. The van der Waals surface area contributed by atoms with Crippen LogP contribution < -0.4 is 9.86 Å². The normalized spacial score (nSPS) is 13.4. The highest BCUT2D eigenvalue weighted by Gasteiger charge is 2.24. The minimum absolute atomic E-state index is 0.112. The van der Waals surface area contributed by atoms with Crippen molar-refractivity contribution in [1.82, 2.24) is 4.72 Å². The zero-order valence-corrected chi connectivity index (χ0v) is 16.2. The van der Waals surface area contributed by atoms with Gasteiger partial charge >= 0.3 is 0 Å². The summed E-state index contributed by atoms with van der Waals surface area (Å²) < 4.78 is 64.0. The van der Waals surface area contributed by atoms with Crippen molar-refractivity contribution in [3.05, 3.63) is 82.3 Å². The maximum absolute atomic E-state index is 13.2. The van der Waals surface area contributed by atoms with Crippen molar-refractivity contribution >= 4 is 31.4 Å². The first kappa shape index (κ1) is 19.6. The quantitative estimate of drug-likeness (QED) is 0.632. The number of nitrogens with one attached hydrogen (secondary N) is 1. The van der Waals surface area contributed by atoms with E-state index in [0.717, 1.165) is 29.1 Å². The lowest BCUT2D eigenvalue weighted by molar-refractivity contribution is 0.572. The average Bonchev–Trinajstić information content (AvgIpc) is 3.14. The zero-order chi connectivity index (χ0) is 19.7. The molecule has 0 fully saturated rings. The summed E-state index contributed by atoms with van der Waals surface area (Å²) in [5.41, 5.74) is 0.573. The summed E-state index contributed by atoms with van der Waals surface area (Å²) in [6.45, 7) is 0. The van der Waals surface area contributed by atoms with E-state index in [-0.39, 0.29) is 9.79 Å². The minimum atomic E-state index is -3.98. The third-order valence-corrected chi connectivity index (χ3v) is 7.07. The van der Waals surface area contributed by atoms with Crippen molar-refractivity contribution < 1.29 is 21.2 Å². The Kier molecular flexibility index (Phi) is 5.45. The van der Waals surface area contributed by atoms with E-state index in [0.29, 0.717) is 5.56 Å². The first-order valence-corrected chi connectivity index (χ1v) is 11.5. The molecular weight excluding hydrogens is 411 g/mol. The number of sulfonamides is 2. The molecule has 10 heteroatoms. The number of hydrogen-bond acceptors (Lipinski definition) is 5. The van der Waals surface area contributed by atoms with Crippen molar-refractivity contribution in [2.24, 2.45) is 5.14 Å². The Balaban J connectivity index is 1.96. The van der Waals surface area contributed by atoms with Crippen LogP contribution in [0.3, 0.4) is 0 Å². The van der Waals surface area contributed by atoms with E-state index in [1.54, 1.807) is 17.5 Å². The fourth-order valence-corrected chi connectivity index (χ4v) is 5.03. The lowest BCUT2D eigenvalue weighted by Gasteiger charge is -2.18. The molecule has 1 aromatic heterocycles. The van der Waals surface area contributed by atoms with Crippen LogP contribution in [0.5, 0.6) is 0 Å². The molecule has 3 rings (SSSR count). The lowest BCUT2D eigenvalue weighted by atomic mass is 10.1. The van der Waals surface area contributed by atoms with E-state index in [1.165, 1.54) is 35.6 Å². The molecule has 0 aliphatic rings. The van der Waals surface area contributed by atoms with Crippen molar-refractivity contribution in [2.45, 2.75) is 15.8 Å². The van der Waals surface area contributed by atoms with Crippen molar-refractivity contribution in [2.75, 3.05) is 0 Å². The van der Waals surface area contributed by atoms with Crippen molar-refractivity contribution in [3.8, 4) is 0 Å². The molecule has 0 saturated carbocycles. The highest BCUT2D eigenvalue weighted by molar-refractivity contribution is 7.89. The van der Waals surface area contributed by atoms with Crippen LogP contribution in [0, 0.1) is 5.82 Å². The van der Waals surface area contributed by atoms with Crippen LogP contribution in [0.25, 0.3) is 0 Å². The van der Waals surface area contributed by atoms with Gasteiger partial charge in [-0.05, 0) is 53.4 Å². The summed E-state index contributed by atoms with van der Waals surface area (Å²) >= 11 is 1.36. The Morgan fingerprint density at radius 2 is 1.48 bits per heavy atom. The largest absolute Gasteiger partial charge is 0.241 e. The molecular formula is C17H15FN2O4S3. The Bertz CT molecular complexity index is 1130. The molecule has 142 valence electrons. The Labute approximate surface area is 160 Å². The molecule has 0 spiro atoms. The Hall–Kier alpha value is -2.11. The maximum atomic E-state index is 13.2. The molecule has 0 unspecified atom stereocenters. The first-order chi connectivity index (χ1) is 12.7. The third-order valence-electron chi connectivity index (χ3n) is 3.77. The number of halogens is 1. The number of rotatable bonds is 6. The van der Waals surface area contributed by atoms with Gasteiger partial charge < -0.3 is 0 Å². The fourth-order valence-electron chi connectivity index (χ4n) is 2.43. The average molecular weight is 427 g/mol. The standard InChI is InChI=1S/C17H15FN2O4S3/c18-13-5-3-12(4-6-13)17(16-2-1-11-25-16)20-27(23,24)15-9-7-14(8-10-15)26(19,21)22/h1-11,17,20H,(H2,19,21,22)/t17-/m0/s1. The molecule has 0 saturated heterocycles. The van der Waals surface area contributed by atoms with Gasteiger partial charge in [0.15, 0.2) is 0 Å². The minimum Gasteiger partial charge on any atom is -0.225 e. The smallest absolute Gasteiger partial charge is 0.225 e. The molecule has 0 aliphatic heterocycles. The second-order valence-corrected chi connectivity index (χ2v) is 9.89. The van der Waals surface area contributed by atoms with E-state index in [1.807, 2.05) is 0 Å². The van der Waals surface area contributed by atoms with E-state index < -0.39 is 31.9 Å². The van der Waals surface area contributed by atoms with E-state index in [4.69, 9.17) is 5.14 Å². The van der Waals surface area contributed by atoms with Gasteiger partial charge in [0.05, 0.1) is 15.8 Å². The lowest BCUT2D eigenvalue weighted by Crippen LogP contribution is -2.29. The van der Waals surface area contributed by atoms with Gasteiger partial charge in [-0.3, -0.25) is 0 Å². The molecule has 2 aromatic carbocycles. The second kappa shape index (κ2) is 7.49. The van der Waals surface area contributed by atoms with Gasteiger partial charge in [-0.2, -0.15) is 4.72 Å². The summed E-state index contributed by atoms with van der Waals surface area (Å²) in [5.74, 6) is -0.426. The molecule has 0 aliphatic carbocycles. The van der Waals surface area contributed by atoms with Gasteiger partial charge in [-0.25, -0.2) is 26.4 Å². The van der Waals surface area contributed by atoms with E-state index in [2.05, 4.69) is 4.72 Å². The van der Waals surface area contributed by atoms with E-state index in [9.17, 15) is 21.2 Å². The number of thiophene rings is 1. The third kappa shape index (κ3) is 4.60.